The lowest BCUT2D eigenvalue weighted by Crippen LogP contribution is -2.24. The topological polar surface area (TPSA) is 49.4 Å². The Bertz CT molecular complexity index is 506. The third-order valence-electron chi connectivity index (χ3n) is 2.37. The van der Waals surface area contributed by atoms with Gasteiger partial charge in [-0.3, -0.25) is 0 Å². The number of aromatic carboxylic acids is 1. The standard InChI is InChI=1S/C14H12O3/c15-14(16)13-9-5-4-6-11(13)10-17-12-7-2-1-3-8-12/h1-9H,10H2,(H,15,16)/p-1. The molecule has 2 aromatic carbocycles. The van der Waals surface area contributed by atoms with Crippen molar-refractivity contribution in [3.05, 3.63) is 65.7 Å². The molecule has 0 bridgehead atoms. The average molecular weight is 227 g/mol. The summed E-state index contributed by atoms with van der Waals surface area (Å²) in [7, 11) is 0. The zero-order chi connectivity index (χ0) is 12.1. The van der Waals surface area contributed by atoms with E-state index in [0.717, 1.165) is 0 Å². The van der Waals surface area contributed by atoms with Crippen LogP contribution in [0.2, 0.25) is 0 Å². The molecule has 0 radical (unpaired) electrons. The molecule has 0 atom stereocenters. The Hall–Kier alpha value is -2.29. The van der Waals surface area contributed by atoms with Gasteiger partial charge in [0.1, 0.15) is 12.4 Å². The first-order chi connectivity index (χ1) is 8.27. The van der Waals surface area contributed by atoms with Crippen LogP contribution in [0, 0.1) is 0 Å². The van der Waals surface area contributed by atoms with Crippen molar-refractivity contribution >= 4 is 5.97 Å². The van der Waals surface area contributed by atoms with E-state index >= 15 is 0 Å². The first kappa shape index (κ1) is 11.2. The molecule has 0 N–H and O–H groups in total. The minimum Gasteiger partial charge on any atom is -0.545 e. The van der Waals surface area contributed by atoms with Crippen molar-refractivity contribution in [2.75, 3.05) is 0 Å². The van der Waals surface area contributed by atoms with Gasteiger partial charge < -0.3 is 14.6 Å². The maximum absolute atomic E-state index is 10.9. The highest BCUT2D eigenvalue weighted by molar-refractivity contribution is 5.87. The van der Waals surface area contributed by atoms with Crippen LogP contribution in [0.1, 0.15) is 15.9 Å². The number of hydrogen-bond acceptors (Lipinski definition) is 3. The molecule has 17 heavy (non-hydrogen) atoms. The molecule has 0 aliphatic carbocycles. The number of carboxylic acid groups (broad SMARTS) is 1. The molecule has 2 aromatic rings. The molecule has 2 rings (SSSR count). The highest BCUT2D eigenvalue weighted by Gasteiger charge is 2.03. The minimum absolute atomic E-state index is 0.170. The lowest BCUT2D eigenvalue weighted by Gasteiger charge is -2.11. The number of hydrogen-bond donors (Lipinski definition) is 0. The molecule has 0 aromatic heterocycles. The van der Waals surface area contributed by atoms with Gasteiger partial charge in [0, 0.05) is 5.56 Å². The fraction of sp³-hybridized carbons (Fsp3) is 0.0714. The van der Waals surface area contributed by atoms with Gasteiger partial charge in [-0.15, -0.1) is 0 Å². The Morgan fingerprint density at radius 2 is 1.65 bits per heavy atom. The fourth-order valence-electron chi connectivity index (χ4n) is 1.52. The summed E-state index contributed by atoms with van der Waals surface area (Å²) in [5, 5.41) is 10.9. The summed E-state index contributed by atoms with van der Waals surface area (Å²) < 4.78 is 5.49. The van der Waals surface area contributed by atoms with Crippen molar-refractivity contribution in [2.24, 2.45) is 0 Å². The summed E-state index contributed by atoms with van der Waals surface area (Å²) in [4.78, 5) is 10.9. The lowest BCUT2D eigenvalue weighted by molar-refractivity contribution is -0.255. The maximum Gasteiger partial charge on any atom is 0.119 e. The Morgan fingerprint density at radius 3 is 2.35 bits per heavy atom. The first-order valence-electron chi connectivity index (χ1n) is 5.24. The summed E-state index contributed by atoms with van der Waals surface area (Å²) in [6.07, 6.45) is 0. The zero-order valence-corrected chi connectivity index (χ0v) is 9.13. The van der Waals surface area contributed by atoms with Crippen LogP contribution >= 0.6 is 0 Å². The predicted octanol–water partition coefficient (Wildman–Crippen LogP) is 1.63. The Balaban J connectivity index is 2.12. The molecule has 0 saturated carbocycles. The van der Waals surface area contributed by atoms with Crippen LogP contribution in [0.3, 0.4) is 0 Å². The second-order valence-corrected chi connectivity index (χ2v) is 3.55. The van der Waals surface area contributed by atoms with Crippen LogP contribution < -0.4 is 9.84 Å². The number of rotatable bonds is 4. The van der Waals surface area contributed by atoms with Crippen LogP contribution in [-0.4, -0.2) is 5.97 Å². The van der Waals surface area contributed by atoms with Crippen molar-refractivity contribution in [2.45, 2.75) is 6.61 Å². The van der Waals surface area contributed by atoms with E-state index in [0.29, 0.717) is 11.3 Å². The summed E-state index contributed by atoms with van der Waals surface area (Å²) in [6, 6.07) is 15.9. The van der Waals surface area contributed by atoms with E-state index in [1.165, 1.54) is 6.07 Å². The monoisotopic (exact) mass is 227 g/mol. The van der Waals surface area contributed by atoms with Crippen molar-refractivity contribution in [3.63, 3.8) is 0 Å². The van der Waals surface area contributed by atoms with Crippen molar-refractivity contribution < 1.29 is 14.6 Å². The van der Waals surface area contributed by atoms with Gasteiger partial charge in [0.2, 0.25) is 0 Å². The number of para-hydroxylation sites is 1. The quantitative estimate of drug-likeness (QED) is 0.797. The summed E-state index contributed by atoms with van der Waals surface area (Å²) in [6.45, 7) is 0.216. The molecule has 0 saturated heterocycles. The fourth-order valence-corrected chi connectivity index (χ4v) is 1.52. The van der Waals surface area contributed by atoms with Crippen molar-refractivity contribution in [1.29, 1.82) is 0 Å². The van der Waals surface area contributed by atoms with Crippen molar-refractivity contribution in [3.8, 4) is 5.75 Å². The van der Waals surface area contributed by atoms with Crippen LogP contribution in [0.25, 0.3) is 0 Å². The summed E-state index contributed by atoms with van der Waals surface area (Å²) in [5.41, 5.74) is 0.778. The smallest absolute Gasteiger partial charge is 0.119 e. The number of carbonyl (C=O) groups excluding carboxylic acids is 1. The van der Waals surface area contributed by atoms with Gasteiger partial charge in [0.15, 0.2) is 0 Å². The predicted molar refractivity (Wildman–Crippen MR) is 61.5 cm³/mol. The van der Waals surface area contributed by atoms with E-state index in [9.17, 15) is 9.90 Å². The number of ether oxygens (including phenoxy) is 1. The second kappa shape index (κ2) is 5.16. The van der Waals surface area contributed by atoms with Gasteiger partial charge in [-0.25, -0.2) is 0 Å². The maximum atomic E-state index is 10.9. The van der Waals surface area contributed by atoms with Gasteiger partial charge in [-0.1, -0.05) is 42.5 Å². The SMILES string of the molecule is O=C([O-])c1ccccc1COc1ccccc1. The Kier molecular flexibility index (Phi) is 3.40. The molecule has 0 fully saturated rings. The number of carbonyl (C=O) groups is 1. The van der Waals surface area contributed by atoms with Gasteiger partial charge in [0.05, 0.1) is 5.97 Å². The van der Waals surface area contributed by atoms with E-state index in [-0.39, 0.29) is 12.2 Å². The normalized spacial score (nSPS) is 9.88. The van der Waals surface area contributed by atoms with Gasteiger partial charge in [-0.2, -0.15) is 0 Å². The molecular formula is C14H11O3-. The molecule has 3 heteroatoms. The molecule has 0 amide bonds. The zero-order valence-electron chi connectivity index (χ0n) is 9.13. The van der Waals surface area contributed by atoms with E-state index in [2.05, 4.69) is 0 Å². The third kappa shape index (κ3) is 2.84. The van der Waals surface area contributed by atoms with E-state index in [1.54, 1.807) is 18.2 Å². The number of benzene rings is 2. The van der Waals surface area contributed by atoms with E-state index < -0.39 is 5.97 Å². The van der Waals surface area contributed by atoms with Gasteiger partial charge >= 0.3 is 0 Å². The van der Waals surface area contributed by atoms with Crippen LogP contribution in [0.4, 0.5) is 0 Å². The van der Waals surface area contributed by atoms with E-state index in [4.69, 9.17) is 4.74 Å². The highest BCUT2D eigenvalue weighted by Crippen LogP contribution is 2.14. The molecule has 0 spiro atoms. The molecule has 3 nitrogen and oxygen atoms in total. The molecular weight excluding hydrogens is 216 g/mol. The first-order valence-corrected chi connectivity index (χ1v) is 5.24. The van der Waals surface area contributed by atoms with Crippen LogP contribution in [0.5, 0.6) is 5.75 Å². The molecule has 0 heterocycles. The summed E-state index contributed by atoms with van der Waals surface area (Å²) >= 11 is 0. The molecule has 86 valence electrons. The highest BCUT2D eigenvalue weighted by atomic mass is 16.5. The van der Waals surface area contributed by atoms with Crippen LogP contribution in [0.15, 0.2) is 54.6 Å². The Morgan fingerprint density at radius 1 is 1.00 bits per heavy atom. The van der Waals surface area contributed by atoms with E-state index in [1.807, 2.05) is 30.3 Å². The molecule has 0 aliphatic rings. The second-order valence-electron chi connectivity index (χ2n) is 3.55. The number of carboxylic acids is 1. The minimum atomic E-state index is -1.18. The van der Waals surface area contributed by atoms with Gasteiger partial charge in [0.25, 0.3) is 0 Å². The Labute approximate surface area is 99.3 Å². The third-order valence-corrected chi connectivity index (χ3v) is 2.37. The van der Waals surface area contributed by atoms with Crippen LogP contribution in [-0.2, 0) is 6.61 Å². The molecule has 0 unspecified atom stereocenters. The summed E-state index contributed by atoms with van der Waals surface area (Å²) in [5.74, 6) is -0.474. The van der Waals surface area contributed by atoms with Gasteiger partial charge in [-0.05, 0) is 17.7 Å². The largest absolute Gasteiger partial charge is 0.545 e. The average Bonchev–Trinajstić information content (AvgIpc) is 2.38. The molecule has 0 aliphatic heterocycles. The lowest BCUT2D eigenvalue weighted by atomic mass is 10.1. The van der Waals surface area contributed by atoms with Crippen molar-refractivity contribution in [1.82, 2.24) is 0 Å².